The van der Waals surface area contributed by atoms with E-state index in [4.69, 9.17) is 0 Å². The van der Waals surface area contributed by atoms with E-state index < -0.39 is 10.0 Å². The molecule has 0 aliphatic carbocycles. The first-order chi connectivity index (χ1) is 11.0. The average molecular weight is 330 g/mol. The lowest BCUT2D eigenvalue weighted by atomic mass is 10.1. The Kier molecular flexibility index (Phi) is 4.28. The maximum atomic E-state index is 12.9. The van der Waals surface area contributed by atoms with E-state index in [0.29, 0.717) is 12.1 Å². The molecule has 0 bridgehead atoms. The summed E-state index contributed by atoms with van der Waals surface area (Å²) in [4.78, 5) is 15.8. The standard InChI is InChI=1S/C17H18N2O3S/c1-13(20)14-7-9-15(10-8-14)23(21,22)19-12-4-6-17(19)16-5-2-3-11-18-16/h2-3,5,7-11,17H,4,6,12H2,1H3. The molecule has 6 heteroatoms. The fourth-order valence-corrected chi connectivity index (χ4v) is 4.56. The second-order valence-corrected chi connectivity index (χ2v) is 7.50. The number of carbonyl (C=O) groups excluding carboxylic acids is 1. The number of benzene rings is 1. The highest BCUT2D eigenvalue weighted by Crippen LogP contribution is 2.35. The van der Waals surface area contributed by atoms with Crippen molar-refractivity contribution in [2.24, 2.45) is 0 Å². The molecule has 1 fully saturated rings. The van der Waals surface area contributed by atoms with Crippen LogP contribution in [0.2, 0.25) is 0 Å². The first kappa shape index (κ1) is 15.8. The molecule has 1 aromatic carbocycles. The minimum Gasteiger partial charge on any atom is -0.295 e. The number of sulfonamides is 1. The summed E-state index contributed by atoms with van der Waals surface area (Å²) in [5.74, 6) is -0.0820. The number of hydrogen-bond donors (Lipinski definition) is 0. The molecule has 5 nitrogen and oxygen atoms in total. The normalized spacial score (nSPS) is 18.9. The lowest BCUT2D eigenvalue weighted by Crippen LogP contribution is -2.31. The van der Waals surface area contributed by atoms with Crippen LogP contribution >= 0.6 is 0 Å². The smallest absolute Gasteiger partial charge is 0.243 e. The molecule has 120 valence electrons. The Morgan fingerprint density at radius 2 is 1.91 bits per heavy atom. The third-order valence-corrected chi connectivity index (χ3v) is 6.02. The Hall–Kier alpha value is -2.05. The maximum Gasteiger partial charge on any atom is 0.243 e. The van der Waals surface area contributed by atoms with E-state index in [1.54, 1.807) is 18.3 Å². The van der Waals surface area contributed by atoms with E-state index in [9.17, 15) is 13.2 Å². The van der Waals surface area contributed by atoms with Crippen LogP contribution in [-0.2, 0) is 10.0 Å². The predicted molar refractivity (Wildman–Crippen MR) is 86.6 cm³/mol. The Morgan fingerprint density at radius 1 is 1.17 bits per heavy atom. The van der Waals surface area contributed by atoms with Crippen molar-refractivity contribution in [3.63, 3.8) is 0 Å². The van der Waals surface area contributed by atoms with Gasteiger partial charge >= 0.3 is 0 Å². The molecule has 1 aliphatic rings. The molecule has 0 N–H and O–H groups in total. The van der Waals surface area contributed by atoms with Gasteiger partial charge in [-0.25, -0.2) is 8.42 Å². The van der Waals surface area contributed by atoms with Gasteiger partial charge in [-0.2, -0.15) is 4.31 Å². The highest BCUT2D eigenvalue weighted by molar-refractivity contribution is 7.89. The monoisotopic (exact) mass is 330 g/mol. The molecular formula is C17H18N2O3S. The summed E-state index contributed by atoms with van der Waals surface area (Å²) in [5.41, 5.74) is 1.28. The number of aromatic nitrogens is 1. The number of pyridine rings is 1. The molecule has 0 amide bonds. The van der Waals surface area contributed by atoms with Gasteiger partial charge in [0.25, 0.3) is 0 Å². The molecule has 1 atom stereocenters. The Morgan fingerprint density at radius 3 is 2.52 bits per heavy atom. The van der Waals surface area contributed by atoms with E-state index in [1.165, 1.54) is 23.4 Å². The van der Waals surface area contributed by atoms with Crippen molar-refractivity contribution >= 4 is 15.8 Å². The fraction of sp³-hybridized carbons (Fsp3) is 0.294. The summed E-state index contributed by atoms with van der Waals surface area (Å²) in [5, 5.41) is 0. The number of Topliss-reactive ketones (excluding diaryl/α,β-unsaturated/α-hetero) is 1. The molecule has 1 saturated heterocycles. The number of ketones is 1. The van der Waals surface area contributed by atoms with E-state index in [0.717, 1.165) is 18.5 Å². The third kappa shape index (κ3) is 3.04. The largest absolute Gasteiger partial charge is 0.295 e. The van der Waals surface area contributed by atoms with Crippen LogP contribution in [-0.4, -0.2) is 30.0 Å². The van der Waals surface area contributed by atoms with Gasteiger partial charge in [0.2, 0.25) is 10.0 Å². The predicted octanol–water partition coefficient (Wildman–Crippen LogP) is 2.81. The van der Waals surface area contributed by atoms with Crippen molar-refractivity contribution in [2.45, 2.75) is 30.7 Å². The number of nitrogens with zero attached hydrogens (tertiary/aromatic N) is 2. The average Bonchev–Trinajstić information content (AvgIpc) is 3.06. The van der Waals surface area contributed by atoms with Crippen molar-refractivity contribution in [1.29, 1.82) is 0 Å². The summed E-state index contributed by atoms with van der Waals surface area (Å²) < 4.78 is 27.3. The zero-order valence-electron chi connectivity index (χ0n) is 12.8. The maximum absolute atomic E-state index is 12.9. The minimum atomic E-state index is -3.60. The first-order valence-corrected chi connectivity index (χ1v) is 8.98. The molecule has 0 spiro atoms. The zero-order chi connectivity index (χ0) is 16.4. The van der Waals surface area contributed by atoms with Crippen LogP contribution in [0.5, 0.6) is 0 Å². The summed E-state index contributed by atoms with van der Waals surface area (Å²) >= 11 is 0. The number of rotatable bonds is 4. The second-order valence-electron chi connectivity index (χ2n) is 5.61. The van der Waals surface area contributed by atoms with Crippen LogP contribution in [0.15, 0.2) is 53.6 Å². The van der Waals surface area contributed by atoms with Crippen molar-refractivity contribution in [3.8, 4) is 0 Å². The van der Waals surface area contributed by atoms with Crippen LogP contribution in [0.4, 0.5) is 0 Å². The van der Waals surface area contributed by atoms with Crippen LogP contribution in [0.1, 0.15) is 41.9 Å². The van der Waals surface area contributed by atoms with Gasteiger partial charge in [-0.3, -0.25) is 9.78 Å². The Balaban J connectivity index is 1.93. The molecule has 0 radical (unpaired) electrons. The van der Waals surface area contributed by atoms with Gasteiger partial charge in [0.1, 0.15) is 0 Å². The van der Waals surface area contributed by atoms with Gasteiger partial charge in [0.05, 0.1) is 16.6 Å². The minimum absolute atomic E-state index is 0.0820. The van der Waals surface area contributed by atoms with Crippen molar-refractivity contribution in [1.82, 2.24) is 9.29 Å². The van der Waals surface area contributed by atoms with Crippen LogP contribution < -0.4 is 0 Å². The van der Waals surface area contributed by atoms with E-state index in [1.807, 2.05) is 18.2 Å². The number of hydrogen-bond acceptors (Lipinski definition) is 4. The molecule has 23 heavy (non-hydrogen) atoms. The molecule has 3 rings (SSSR count). The van der Waals surface area contributed by atoms with Crippen molar-refractivity contribution in [3.05, 3.63) is 59.9 Å². The van der Waals surface area contributed by atoms with Crippen LogP contribution in [0, 0.1) is 0 Å². The lowest BCUT2D eigenvalue weighted by Gasteiger charge is -2.23. The summed E-state index contributed by atoms with van der Waals surface area (Å²) in [6.45, 7) is 1.94. The van der Waals surface area contributed by atoms with Gasteiger partial charge in [0.15, 0.2) is 5.78 Å². The molecule has 2 heterocycles. The van der Waals surface area contributed by atoms with E-state index >= 15 is 0 Å². The molecule has 1 aromatic heterocycles. The van der Waals surface area contributed by atoms with Gasteiger partial charge in [-0.05, 0) is 44.0 Å². The molecule has 1 aliphatic heterocycles. The Bertz CT molecular complexity index is 801. The third-order valence-electron chi connectivity index (χ3n) is 4.10. The zero-order valence-corrected chi connectivity index (χ0v) is 13.7. The fourth-order valence-electron chi connectivity index (χ4n) is 2.89. The Labute approximate surface area is 136 Å². The SMILES string of the molecule is CC(=O)c1ccc(S(=O)(=O)N2CCCC2c2ccccn2)cc1. The van der Waals surface area contributed by atoms with Gasteiger partial charge < -0.3 is 0 Å². The quantitative estimate of drug-likeness (QED) is 0.809. The summed E-state index contributed by atoms with van der Waals surface area (Å²) in [6, 6.07) is 11.4. The van der Waals surface area contributed by atoms with Crippen molar-refractivity contribution < 1.29 is 13.2 Å². The topological polar surface area (TPSA) is 67.3 Å². The first-order valence-electron chi connectivity index (χ1n) is 7.54. The van der Waals surface area contributed by atoms with E-state index in [-0.39, 0.29) is 16.7 Å². The van der Waals surface area contributed by atoms with Crippen molar-refractivity contribution in [2.75, 3.05) is 6.54 Å². The van der Waals surface area contributed by atoms with Gasteiger partial charge in [0, 0.05) is 18.3 Å². The van der Waals surface area contributed by atoms with Gasteiger partial charge in [-0.1, -0.05) is 18.2 Å². The molecule has 1 unspecified atom stereocenters. The summed E-state index contributed by atoms with van der Waals surface area (Å²) in [7, 11) is -3.60. The lowest BCUT2D eigenvalue weighted by molar-refractivity contribution is 0.101. The van der Waals surface area contributed by atoms with Gasteiger partial charge in [-0.15, -0.1) is 0 Å². The molecule has 0 saturated carbocycles. The van der Waals surface area contributed by atoms with Crippen LogP contribution in [0.3, 0.4) is 0 Å². The highest BCUT2D eigenvalue weighted by Gasteiger charge is 2.36. The van der Waals surface area contributed by atoms with E-state index in [2.05, 4.69) is 4.98 Å². The van der Waals surface area contributed by atoms with Crippen LogP contribution in [0.25, 0.3) is 0 Å². The summed E-state index contributed by atoms with van der Waals surface area (Å²) in [6.07, 6.45) is 3.26. The highest BCUT2D eigenvalue weighted by atomic mass is 32.2. The molecular weight excluding hydrogens is 312 g/mol. The molecule has 2 aromatic rings. The number of carbonyl (C=O) groups is 1. The second kappa shape index (κ2) is 6.22.